The molecule has 0 aliphatic carbocycles. The molecule has 2 heteroatoms. The molecule has 0 radical (unpaired) electrons. The molecule has 2 unspecified atom stereocenters. The Bertz CT molecular complexity index is 132. The van der Waals surface area contributed by atoms with Gasteiger partial charge in [0, 0.05) is 12.5 Å². The van der Waals surface area contributed by atoms with Crippen LogP contribution in [0.15, 0.2) is 0 Å². The molecular weight excluding hydrogens is 126 g/mol. The van der Waals surface area contributed by atoms with Gasteiger partial charge in [-0.05, 0) is 20.3 Å². The molecule has 0 spiro atoms. The van der Waals surface area contributed by atoms with Gasteiger partial charge in [0.1, 0.15) is 0 Å². The van der Waals surface area contributed by atoms with E-state index in [1.165, 1.54) is 0 Å². The van der Waals surface area contributed by atoms with E-state index in [1.54, 1.807) is 13.8 Å². The Morgan fingerprint density at radius 1 is 1.60 bits per heavy atom. The lowest BCUT2D eigenvalue weighted by molar-refractivity contribution is 0.143. The SMILES string of the molecule is CC#CCCC(O)C(C)N. The van der Waals surface area contributed by atoms with Crippen molar-refractivity contribution in [1.29, 1.82) is 0 Å². The fourth-order valence-corrected chi connectivity index (χ4v) is 0.608. The van der Waals surface area contributed by atoms with Gasteiger partial charge in [-0.2, -0.15) is 0 Å². The normalized spacial score (nSPS) is 15.2. The van der Waals surface area contributed by atoms with Gasteiger partial charge in [0.05, 0.1) is 6.10 Å². The van der Waals surface area contributed by atoms with Crippen molar-refractivity contribution in [1.82, 2.24) is 0 Å². The molecule has 0 aromatic carbocycles. The summed E-state index contributed by atoms with van der Waals surface area (Å²) < 4.78 is 0. The van der Waals surface area contributed by atoms with Crippen molar-refractivity contribution in [3.8, 4) is 11.8 Å². The first-order valence-electron chi connectivity index (χ1n) is 3.51. The van der Waals surface area contributed by atoms with Crippen LogP contribution in [0.1, 0.15) is 26.7 Å². The Kier molecular flexibility index (Phi) is 5.00. The van der Waals surface area contributed by atoms with Gasteiger partial charge < -0.3 is 10.8 Å². The first kappa shape index (κ1) is 9.48. The molecule has 0 aromatic rings. The Labute approximate surface area is 62.4 Å². The minimum atomic E-state index is -0.402. The van der Waals surface area contributed by atoms with Crippen molar-refractivity contribution in [2.24, 2.45) is 5.73 Å². The second-order valence-electron chi connectivity index (χ2n) is 2.39. The summed E-state index contributed by atoms with van der Waals surface area (Å²) in [4.78, 5) is 0. The van der Waals surface area contributed by atoms with Gasteiger partial charge in [-0.1, -0.05) is 0 Å². The summed E-state index contributed by atoms with van der Waals surface area (Å²) in [6.45, 7) is 3.59. The molecule has 2 nitrogen and oxygen atoms in total. The number of hydrogen-bond acceptors (Lipinski definition) is 2. The van der Waals surface area contributed by atoms with Gasteiger partial charge in [-0.3, -0.25) is 0 Å². The van der Waals surface area contributed by atoms with Crippen LogP contribution >= 0.6 is 0 Å². The van der Waals surface area contributed by atoms with E-state index in [4.69, 9.17) is 10.8 Å². The van der Waals surface area contributed by atoms with E-state index in [2.05, 4.69) is 11.8 Å². The van der Waals surface area contributed by atoms with Crippen LogP contribution in [0.2, 0.25) is 0 Å². The van der Waals surface area contributed by atoms with Crippen molar-refractivity contribution in [2.75, 3.05) is 0 Å². The Balaban J connectivity index is 3.36. The zero-order valence-corrected chi connectivity index (χ0v) is 6.59. The maximum Gasteiger partial charge on any atom is 0.0697 e. The van der Waals surface area contributed by atoms with Crippen LogP contribution in [0.5, 0.6) is 0 Å². The number of rotatable bonds is 3. The van der Waals surface area contributed by atoms with E-state index in [0.717, 1.165) is 6.42 Å². The molecule has 0 aliphatic rings. The van der Waals surface area contributed by atoms with Crippen molar-refractivity contribution in [3.63, 3.8) is 0 Å². The van der Waals surface area contributed by atoms with Gasteiger partial charge in [0.25, 0.3) is 0 Å². The molecule has 0 amide bonds. The molecule has 10 heavy (non-hydrogen) atoms. The number of nitrogens with two attached hydrogens (primary N) is 1. The van der Waals surface area contributed by atoms with E-state index in [1.807, 2.05) is 0 Å². The zero-order chi connectivity index (χ0) is 7.98. The van der Waals surface area contributed by atoms with Gasteiger partial charge >= 0.3 is 0 Å². The molecule has 0 saturated heterocycles. The fraction of sp³-hybridized carbons (Fsp3) is 0.750. The lowest BCUT2D eigenvalue weighted by Gasteiger charge is -2.11. The van der Waals surface area contributed by atoms with E-state index in [0.29, 0.717) is 6.42 Å². The summed E-state index contributed by atoms with van der Waals surface area (Å²) >= 11 is 0. The van der Waals surface area contributed by atoms with Crippen LogP contribution in [0.25, 0.3) is 0 Å². The standard InChI is InChI=1S/C8H15NO/c1-3-4-5-6-8(10)7(2)9/h7-8,10H,5-6,9H2,1-2H3. The van der Waals surface area contributed by atoms with Gasteiger partial charge in [0.2, 0.25) is 0 Å². The third-order valence-corrected chi connectivity index (χ3v) is 1.35. The lowest BCUT2D eigenvalue weighted by atomic mass is 10.1. The van der Waals surface area contributed by atoms with Crippen LogP contribution in [-0.2, 0) is 0 Å². The zero-order valence-electron chi connectivity index (χ0n) is 6.59. The molecule has 0 aliphatic heterocycles. The predicted molar refractivity (Wildman–Crippen MR) is 42.3 cm³/mol. The average Bonchev–Trinajstić information content (AvgIpc) is 1.88. The molecule has 0 saturated carbocycles. The summed E-state index contributed by atoms with van der Waals surface area (Å²) in [7, 11) is 0. The van der Waals surface area contributed by atoms with Crippen LogP contribution < -0.4 is 5.73 Å². The number of aliphatic hydroxyl groups excluding tert-OH is 1. The summed E-state index contributed by atoms with van der Waals surface area (Å²) in [6.07, 6.45) is 1.01. The highest BCUT2D eigenvalue weighted by atomic mass is 16.3. The molecule has 0 heterocycles. The smallest absolute Gasteiger partial charge is 0.0697 e. The summed E-state index contributed by atoms with van der Waals surface area (Å²) in [5, 5.41) is 9.16. The van der Waals surface area contributed by atoms with Crippen molar-refractivity contribution in [2.45, 2.75) is 38.8 Å². The van der Waals surface area contributed by atoms with Crippen LogP contribution in [-0.4, -0.2) is 17.3 Å². The summed E-state index contributed by atoms with van der Waals surface area (Å²) in [6, 6.07) is -0.140. The highest BCUT2D eigenvalue weighted by molar-refractivity contribution is 4.95. The van der Waals surface area contributed by atoms with E-state index >= 15 is 0 Å². The molecule has 2 atom stereocenters. The quantitative estimate of drug-likeness (QED) is 0.562. The minimum absolute atomic E-state index is 0.140. The highest BCUT2D eigenvalue weighted by Crippen LogP contribution is 1.98. The van der Waals surface area contributed by atoms with Crippen molar-refractivity contribution in [3.05, 3.63) is 0 Å². The maximum atomic E-state index is 9.16. The van der Waals surface area contributed by atoms with Gasteiger partial charge in [-0.15, -0.1) is 11.8 Å². The largest absolute Gasteiger partial charge is 0.391 e. The van der Waals surface area contributed by atoms with E-state index in [-0.39, 0.29) is 6.04 Å². The minimum Gasteiger partial charge on any atom is -0.391 e. The van der Waals surface area contributed by atoms with Crippen LogP contribution in [0.3, 0.4) is 0 Å². The van der Waals surface area contributed by atoms with Crippen LogP contribution in [0, 0.1) is 11.8 Å². The Morgan fingerprint density at radius 2 is 2.20 bits per heavy atom. The molecule has 0 fully saturated rings. The highest BCUT2D eigenvalue weighted by Gasteiger charge is 2.06. The van der Waals surface area contributed by atoms with Crippen molar-refractivity contribution < 1.29 is 5.11 Å². The Hall–Kier alpha value is -0.520. The molecule has 0 rings (SSSR count). The van der Waals surface area contributed by atoms with Crippen molar-refractivity contribution >= 4 is 0 Å². The summed E-state index contributed by atoms with van der Waals surface area (Å²) in [5.74, 6) is 5.63. The maximum absolute atomic E-state index is 9.16. The third kappa shape index (κ3) is 4.37. The molecule has 58 valence electrons. The van der Waals surface area contributed by atoms with E-state index < -0.39 is 6.10 Å². The molecular formula is C8H15NO. The number of hydrogen-bond donors (Lipinski definition) is 2. The van der Waals surface area contributed by atoms with Crippen LogP contribution in [0.4, 0.5) is 0 Å². The molecule has 3 N–H and O–H groups in total. The first-order chi connectivity index (χ1) is 4.68. The van der Waals surface area contributed by atoms with E-state index in [9.17, 15) is 0 Å². The summed E-state index contributed by atoms with van der Waals surface area (Å²) in [5.41, 5.74) is 5.42. The lowest BCUT2D eigenvalue weighted by Crippen LogP contribution is -2.31. The monoisotopic (exact) mass is 141 g/mol. The molecule has 0 bridgehead atoms. The second-order valence-corrected chi connectivity index (χ2v) is 2.39. The number of aliphatic hydroxyl groups is 1. The second kappa shape index (κ2) is 5.28. The van der Waals surface area contributed by atoms with Gasteiger partial charge in [0.15, 0.2) is 0 Å². The first-order valence-corrected chi connectivity index (χ1v) is 3.51. The molecule has 0 aromatic heterocycles. The van der Waals surface area contributed by atoms with Gasteiger partial charge in [-0.25, -0.2) is 0 Å². The fourth-order valence-electron chi connectivity index (χ4n) is 0.608. The predicted octanol–water partition coefficient (Wildman–Crippen LogP) is 0.498. The average molecular weight is 141 g/mol. The third-order valence-electron chi connectivity index (χ3n) is 1.35. The topological polar surface area (TPSA) is 46.2 Å². The Morgan fingerprint density at radius 3 is 2.60 bits per heavy atom.